The molecular weight excluding hydrogens is 244 g/mol. The zero-order chi connectivity index (χ0) is 13.4. The molecule has 0 radical (unpaired) electrons. The fourth-order valence-electron chi connectivity index (χ4n) is 1.56. The summed E-state index contributed by atoms with van der Waals surface area (Å²) in [6.45, 7) is 4.80. The molecule has 0 aliphatic heterocycles. The maximum Gasteiger partial charge on any atom is 0.0991 e. The van der Waals surface area contributed by atoms with Crippen molar-refractivity contribution < 1.29 is 5.11 Å². The Morgan fingerprint density at radius 3 is 2.61 bits per heavy atom. The number of rotatable bonds is 7. The quantitative estimate of drug-likeness (QED) is 0.793. The molecule has 2 unspecified atom stereocenters. The van der Waals surface area contributed by atoms with E-state index in [0.717, 1.165) is 17.1 Å². The van der Waals surface area contributed by atoms with Crippen LogP contribution < -0.4 is 5.32 Å². The summed E-state index contributed by atoms with van der Waals surface area (Å²) in [5, 5.41) is 22.0. The first-order valence-corrected chi connectivity index (χ1v) is 7.32. The lowest BCUT2D eigenvalue weighted by molar-refractivity contribution is 0.172. The highest BCUT2D eigenvalue weighted by Gasteiger charge is 2.09. The Kier molecular flexibility index (Phi) is 6.81. The molecule has 0 aromatic heterocycles. The van der Waals surface area contributed by atoms with Crippen LogP contribution in [-0.4, -0.2) is 29.2 Å². The minimum absolute atomic E-state index is 0.392. The van der Waals surface area contributed by atoms with Crippen LogP contribution >= 0.6 is 11.8 Å². The van der Waals surface area contributed by atoms with Gasteiger partial charge in [-0.05, 0) is 30.4 Å². The van der Waals surface area contributed by atoms with Crippen molar-refractivity contribution in [2.75, 3.05) is 18.1 Å². The van der Waals surface area contributed by atoms with Crippen molar-refractivity contribution in [3.05, 3.63) is 35.4 Å². The number of hydrogen-bond donors (Lipinski definition) is 2. The van der Waals surface area contributed by atoms with E-state index in [4.69, 9.17) is 5.26 Å². The lowest BCUT2D eigenvalue weighted by Crippen LogP contribution is -2.32. The molecule has 0 aliphatic carbocycles. The van der Waals surface area contributed by atoms with Gasteiger partial charge in [-0.3, -0.25) is 0 Å². The van der Waals surface area contributed by atoms with E-state index in [2.05, 4.69) is 25.2 Å². The standard InChI is InChI=1S/C14H20N2OS/c1-3-18-10-11(2)16-9-14(17)13-6-4-12(8-15)5-7-13/h4-7,11,14,16-17H,3,9-10H2,1-2H3. The first-order valence-electron chi connectivity index (χ1n) is 6.16. The molecule has 18 heavy (non-hydrogen) atoms. The van der Waals surface area contributed by atoms with E-state index in [9.17, 15) is 5.11 Å². The monoisotopic (exact) mass is 264 g/mol. The summed E-state index contributed by atoms with van der Waals surface area (Å²) in [5.74, 6) is 2.17. The van der Waals surface area contributed by atoms with Gasteiger partial charge in [0.2, 0.25) is 0 Å². The summed E-state index contributed by atoms with van der Waals surface area (Å²) in [4.78, 5) is 0. The van der Waals surface area contributed by atoms with Gasteiger partial charge in [0.1, 0.15) is 0 Å². The fraction of sp³-hybridized carbons (Fsp3) is 0.500. The summed E-state index contributed by atoms with van der Waals surface area (Å²) in [5.41, 5.74) is 1.46. The summed E-state index contributed by atoms with van der Waals surface area (Å²) < 4.78 is 0. The van der Waals surface area contributed by atoms with Crippen LogP contribution in [0.3, 0.4) is 0 Å². The van der Waals surface area contributed by atoms with Crippen molar-refractivity contribution in [3.63, 3.8) is 0 Å². The second-order valence-electron chi connectivity index (χ2n) is 4.22. The fourth-order valence-corrected chi connectivity index (χ4v) is 2.27. The topological polar surface area (TPSA) is 56.0 Å². The SMILES string of the molecule is CCSCC(C)NCC(O)c1ccc(C#N)cc1. The van der Waals surface area contributed by atoms with Crippen LogP contribution in [-0.2, 0) is 0 Å². The molecule has 0 aliphatic rings. The summed E-state index contributed by atoms with van der Waals surface area (Å²) in [6, 6.07) is 9.52. The Bertz CT molecular complexity index is 386. The Hall–Kier alpha value is -1.02. The van der Waals surface area contributed by atoms with E-state index in [1.165, 1.54) is 0 Å². The van der Waals surface area contributed by atoms with Crippen molar-refractivity contribution in [1.29, 1.82) is 5.26 Å². The Morgan fingerprint density at radius 1 is 1.39 bits per heavy atom. The second kappa shape index (κ2) is 8.15. The van der Waals surface area contributed by atoms with Crippen LogP contribution in [0, 0.1) is 11.3 Å². The molecule has 1 aromatic rings. The number of hydrogen-bond acceptors (Lipinski definition) is 4. The largest absolute Gasteiger partial charge is 0.387 e. The highest BCUT2D eigenvalue weighted by atomic mass is 32.2. The van der Waals surface area contributed by atoms with Crippen LogP contribution in [0.1, 0.15) is 31.1 Å². The van der Waals surface area contributed by atoms with Gasteiger partial charge in [-0.2, -0.15) is 17.0 Å². The van der Waals surface area contributed by atoms with Gasteiger partial charge < -0.3 is 10.4 Å². The lowest BCUT2D eigenvalue weighted by Gasteiger charge is -2.17. The number of nitriles is 1. The summed E-state index contributed by atoms with van der Waals surface area (Å²) in [6.07, 6.45) is -0.521. The van der Waals surface area contributed by atoms with Gasteiger partial charge >= 0.3 is 0 Å². The number of thioether (sulfide) groups is 1. The summed E-state index contributed by atoms with van der Waals surface area (Å²) in [7, 11) is 0. The van der Waals surface area contributed by atoms with E-state index in [0.29, 0.717) is 18.2 Å². The molecular formula is C14H20N2OS. The number of aliphatic hydroxyl groups is 1. The highest BCUT2D eigenvalue weighted by molar-refractivity contribution is 7.99. The van der Waals surface area contributed by atoms with E-state index in [1.807, 2.05) is 11.8 Å². The number of aliphatic hydroxyl groups excluding tert-OH is 1. The Labute approximate surface area is 113 Å². The van der Waals surface area contributed by atoms with Gasteiger partial charge in [0, 0.05) is 18.3 Å². The Morgan fingerprint density at radius 2 is 2.06 bits per heavy atom. The van der Waals surface area contributed by atoms with E-state index in [1.54, 1.807) is 24.3 Å². The minimum Gasteiger partial charge on any atom is -0.387 e. The average molecular weight is 264 g/mol. The van der Waals surface area contributed by atoms with Crippen molar-refractivity contribution in [2.24, 2.45) is 0 Å². The first kappa shape index (κ1) is 15.0. The van der Waals surface area contributed by atoms with Gasteiger partial charge in [0.25, 0.3) is 0 Å². The van der Waals surface area contributed by atoms with Gasteiger partial charge in [0.05, 0.1) is 17.7 Å². The number of nitrogens with one attached hydrogen (secondary N) is 1. The van der Waals surface area contributed by atoms with E-state index >= 15 is 0 Å². The maximum absolute atomic E-state index is 10.0. The van der Waals surface area contributed by atoms with Crippen molar-refractivity contribution in [3.8, 4) is 6.07 Å². The van der Waals surface area contributed by atoms with Crippen LogP contribution in [0.5, 0.6) is 0 Å². The predicted molar refractivity (Wildman–Crippen MR) is 76.6 cm³/mol. The molecule has 0 fully saturated rings. The molecule has 3 nitrogen and oxygen atoms in total. The third-order valence-corrected chi connectivity index (χ3v) is 3.80. The molecule has 0 saturated carbocycles. The highest BCUT2D eigenvalue weighted by Crippen LogP contribution is 2.13. The van der Waals surface area contributed by atoms with Crippen LogP contribution in [0.4, 0.5) is 0 Å². The van der Waals surface area contributed by atoms with Gasteiger partial charge in [-0.15, -0.1) is 0 Å². The molecule has 1 rings (SSSR count). The third kappa shape index (κ3) is 5.09. The molecule has 4 heteroatoms. The van der Waals surface area contributed by atoms with Crippen LogP contribution in [0.15, 0.2) is 24.3 Å². The zero-order valence-electron chi connectivity index (χ0n) is 10.9. The van der Waals surface area contributed by atoms with Crippen LogP contribution in [0.25, 0.3) is 0 Å². The van der Waals surface area contributed by atoms with Crippen molar-refractivity contribution in [1.82, 2.24) is 5.32 Å². The van der Waals surface area contributed by atoms with Gasteiger partial charge in [0.15, 0.2) is 0 Å². The molecule has 2 N–H and O–H groups in total. The smallest absolute Gasteiger partial charge is 0.0991 e. The normalized spacial score (nSPS) is 13.9. The van der Waals surface area contributed by atoms with E-state index < -0.39 is 6.10 Å². The lowest BCUT2D eigenvalue weighted by atomic mass is 10.1. The third-order valence-electron chi connectivity index (χ3n) is 2.66. The minimum atomic E-state index is -0.521. The molecule has 0 amide bonds. The second-order valence-corrected chi connectivity index (χ2v) is 5.54. The van der Waals surface area contributed by atoms with Crippen molar-refractivity contribution in [2.45, 2.75) is 26.0 Å². The summed E-state index contributed by atoms with van der Waals surface area (Å²) >= 11 is 1.89. The predicted octanol–water partition coefficient (Wildman–Crippen LogP) is 2.32. The van der Waals surface area contributed by atoms with Gasteiger partial charge in [-0.1, -0.05) is 19.1 Å². The molecule has 0 spiro atoms. The number of benzene rings is 1. The Balaban J connectivity index is 2.40. The molecule has 0 heterocycles. The molecule has 98 valence electrons. The number of nitrogens with zero attached hydrogens (tertiary/aromatic N) is 1. The zero-order valence-corrected chi connectivity index (χ0v) is 11.7. The molecule has 2 atom stereocenters. The maximum atomic E-state index is 10.0. The molecule has 1 aromatic carbocycles. The first-order chi connectivity index (χ1) is 8.67. The van der Waals surface area contributed by atoms with E-state index in [-0.39, 0.29) is 0 Å². The average Bonchev–Trinajstić information content (AvgIpc) is 2.42. The molecule has 0 saturated heterocycles. The van der Waals surface area contributed by atoms with Crippen LogP contribution in [0.2, 0.25) is 0 Å². The molecule has 0 bridgehead atoms. The van der Waals surface area contributed by atoms with Crippen molar-refractivity contribution >= 4 is 11.8 Å². The van der Waals surface area contributed by atoms with Gasteiger partial charge in [-0.25, -0.2) is 0 Å².